The Balaban J connectivity index is 1.79. The van der Waals surface area contributed by atoms with Gasteiger partial charge >= 0.3 is 0 Å². The van der Waals surface area contributed by atoms with Gasteiger partial charge in [-0.1, -0.05) is 35.4 Å². The Morgan fingerprint density at radius 1 is 1.35 bits per heavy atom. The number of hydrogen-bond acceptors (Lipinski definition) is 3. The summed E-state index contributed by atoms with van der Waals surface area (Å²) < 4.78 is 5.82. The Kier molecular flexibility index (Phi) is 2.73. The number of hydrogen-bond donors (Lipinski definition) is 0. The standard InChI is InChI=1S/C12H14N4O/c13-15-14-10-6-11-8-17-12(16(11)7-10)9-4-2-1-3-5-9/h1-5,10-12H,6-8H2/t10-,11-,12+/m0/s1. The topological polar surface area (TPSA) is 61.2 Å². The first kappa shape index (κ1) is 10.6. The monoisotopic (exact) mass is 230 g/mol. The summed E-state index contributed by atoms with van der Waals surface area (Å²) in [6, 6.07) is 10.7. The van der Waals surface area contributed by atoms with Crippen molar-refractivity contribution in [2.45, 2.75) is 24.7 Å². The maximum absolute atomic E-state index is 8.48. The third-order valence-electron chi connectivity index (χ3n) is 3.48. The van der Waals surface area contributed by atoms with Crippen molar-refractivity contribution in [3.8, 4) is 0 Å². The molecule has 0 radical (unpaired) electrons. The highest BCUT2D eigenvalue weighted by atomic mass is 16.5. The second-order valence-corrected chi connectivity index (χ2v) is 4.54. The number of fused-ring (bicyclic) bond motifs is 1. The predicted molar refractivity (Wildman–Crippen MR) is 63.2 cm³/mol. The van der Waals surface area contributed by atoms with Crippen LogP contribution in [0, 0.1) is 0 Å². The van der Waals surface area contributed by atoms with Crippen LogP contribution in [0.3, 0.4) is 0 Å². The van der Waals surface area contributed by atoms with E-state index in [4.69, 9.17) is 10.3 Å². The number of nitrogens with zero attached hydrogens (tertiary/aromatic N) is 4. The lowest BCUT2D eigenvalue weighted by atomic mass is 10.2. The molecule has 17 heavy (non-hydrogen) atoms. The molecular formula is C12H14N4O. The fourth-order valence-electron chi connectivity index (χ4n) is 2.73. The highest BCUT2D eigenvalue weighted by molar-refractivity contribution is 5.19. The fourth-order valence-corrected chi connectivity index (χ4v) is 2.73. The Morgan fingerprint density at radius 3 is 2.94 bits per heavy atom. The molecule has 1 aromatic carbocycles. The quantitative estimate of drug-likeness (QED) is 0.445. The molecule has 2 aliphatic rings. The van der Waals surface area contributed by atoms with Crippen LogP contribution in [0.2, 0.25) is 0 Å². The van der Waals surface area contributed by atoms with E-state index >= 15 is 0 Å². The van der Waals surface area contributed by atoms with E-state index in [9.17, 15) is 0 Å². The molecule has 0 aromatic heterocycles. The van der Waals surface area contributed by atoms with Gasteiger partial charge in [-0.25, -0.2) is 0 Å². The summed E-state index contributed by atoms with van der Waals surface area (Å²) in [4.78, 5) is 5.20. The van der Waals surface area contributed by atoms with Crippen molar-refractivity contribution in [2.75, 3.05) is 13.2 Å². The zero-order valence-electron chi connectivity index (χ0n) is 9.44. The average Bonchev–Trinajstić information content (AvgIpc) is 2.90. The van der Waals surface area contributed by atoms with Gasteiger partial charge in [0, 0.05) is 17.5 Å². The summed E-state index contributed by atoms with van der Waals surface area (Å²) >= 11 is 0. The molecule has 0 aliphatic carbocycles. The van der Waals surface area contributed by atoms with E-state index in [1.165, 1.54) is 5.56 Å². The molecule has 0 spiro atoms. The summed E-state index contributed by atoms with van der Waals surface area (Å²) in [5.74, 6) is 0. The van der Waals surface area contributed by atoms with E-state index in [0.717, 1.165) is 19.6 Å². The molecule has 0 N–H and O–H groups in total. The molecule has 2 aliphatic heterocycles. The highest BCUT2D eigenvalue weighted by Crippen LogP contribution is 2.37. The molecule has 2 fully saturated rings. The zero-order valence-corrected chi connectivity index (χ0v) is 9.44. The van der Waals surface area contributed by atoms with Gasteiger partial charge < -0.3 is 4.74 Å². The molecule has 2 heterocycles. The van der Waals surface area contributed by atoms with Crippen LogP contribution >= 0.6 is 0 Å². The Hall–Kier alpha value is -1.55. The summed E-state index contributed by atoms with van der Waals surface area (Å²) in [5.41, 5.74) is 9.66. The molecular weight excluding hydrogens is 216 g/mol. The summed E-state index contributed by atoms with van der Waals surface area (Å²) in [6.45, 7) is 1.53. The molecule has 0 amide bonds. The van der Waals surface area contributed by atoms with Crippen molar-refractivity contribution in [2.24, 2.45) is 5.11 Å². The summed E-state index contributed by atoms with van der Waals surface area (Å²) in [6.07, 6.45) is 0.938. The van der Waals surface area contributed by atoms with Crippen LogP contribution < -0.4 is 0 Å². The van der Waals surface area contributed by atoms with E-state index in [1.807, 2.05) is 18.2 Å². The second-order valence-electron chi connectivity index (χ2n) is 4.54. The molecule has 5 heteroatoms. The number of benzene rings is 1. The van der Waals surface area contributed by atoms with Gasteiger partial charge in [0.2, 0.25) is 0 Å². The van der Waals surface area contributed by atoms with Crippen LogP contribution in [0.1, 0.15) is 18.2 Å². The van der Waals surface area contributed by atoms with Crippen molar-refractivity contribution >= 4 is 0 Å². The van der Waals surface area contributed by atoms with Crippen LogP contribution in [0.25, 0.3) is 10.4 Å². The van der Waals surface area contributed by atoms with Gasteiger partial charge in [-0.3, -0.25) is 4.90 Å². The largest absolute Gasteiger partial charge is 0.357 e. The summed E-state index contributed by atoms with van der Waals surface area (Å²) in [5, 5.41) is 3.82. The van der Waals surface area contributed by atoms with E-state index in [2.05, 4.69) is 27.1 Å². The lowest BCUT2D eigenvalue weighted by Gasteiger charge is -2.22. The van der Waals surface area contributed by atoms with Gasteiger partial charge in [0.05, 0.1) is 12.6 Å². The third-order valence-corrected chi connectivity index (χ3v) is 3.48. The smallest absolute Gasteiger partial charge is 0.137 e. The zero-order chi connectivity index (χ0) is 11.7. The van der Waals surface area contributed by atoms with Gasteiger partial charge in [-0.05, 0) is 17.5 Å². The predicted octanol–water partition coefficient (Wildman–Crippen LogP) is 2.47. The van der Waals surface area contributed by atoms with Gasteiger partial charge in [0.25, 0.3) is 0 Å². The maximum atomic E-state index is 8.48. The van der Waals surface area contributed by atoms with Gasteiger partial charge in [0.1, 0.15) is 6.23 Å². The summed E-state index contributed by atoms with van der Waals surface area (Å²) in [7, 11) is 0. The Morgan fingerprint density at radius 2 is 2.18 bits per heavy atom. The molecule has 3 rings (SSSR count). The molecule has 5 nitrogen and oxygen atoms in total. The van der Waals surface area contributed by atoms with Crippen LogP contribution in [0.15, 0.2) is 35.4 Å². The lowest BCUT2D eigenvalue weighted by Crippen LogP contribution is -2.27. The molecule has 1 aromatic rings. The van der Waals surface area contributed by atoms with Crippen LogP contribution in [-0.4, -0.2) is 30.1 Å². The van der Waals surface area contributed by atoms with Crippen molar-refractivity contribution < 1.29 is 4.74 Å². The minimum absolute atomic E-state index is 0.0279. The van der Waals surface area contributed by atoms with Crippen LogP contribution in [0.5, 0.6) is 0 Å². The first-order chi connectivity index (χ1) is 8.38. The molecule has 2 saturated heterocycles. The van der Waals surface area contributed by atoms with Crippen molar-refractivity contribution in [3.63, 3.8) is 0 Å². The first-order valence-electron chi connectivity index (χ1n) is 5.85. The van der Waals surface area contributed by atoms with Crippen LogP contribution in [-0.2, 0) is 4.74 Å². The molecule has 0 bridgehead atoms. The maximum Gasteiger partial charge on any atom is 0.137 e. The number of ether oxygens (including phenoxy) is 1. The van der Waals surface area contributed by atoms with Crippen molar-refractivity contribution in [3.05, 3.63) is 46.3 Å². The van der Waals surface area contributed by atoms with E-state index in [0.29, 0.717) is 6.04 Å². The molecule has 3 atom stereocenters. The van der Waals surface area contributed by atoms with Crippen molar-refractivity contribution in [1.82, 2.24) is 4.90 Å². The Bertz CT molecular complexity index is 443. The average molecular weight is 230 g/mol. The minimum atomic E-state index is 0.0279. The van der Waals surface area contributed by atoms with Gasteiger partial charge in [0.15, 0.2) is 0 Å². The van der Waals surface area contributed by atoms with E-state index < -0.39 is 0 Å². The first-order valence-corrected chi connectivity index (χ1v) is 5.85. The van der Waals surface area contributed by atoms with Gasteiger partial charge in [-0.2, -0.15) is 0 Å². The number of azide groups is 1. The molecule has 0 unspecified atom stereocenters. The third kappa shape index (κ3) is 1.89. The lowest BCUT2D eigenvalue weighted by molar-refractivity contribution is 0.0339. The normalized spacial score (nSPS) is 32.1. The highest BCUT2D eigenvalue weighted by Gasteiger charge is 2.42. The second kappa shape index (κ2) is 4.37. The molecule has 0 saturated carbocycles. The van der Waals surface area contributed by atoms with Gasteiger partial charge in [-0.15, -0.1) is 0 Å². The van der Waals surface area contributed by atoms with Crippen molar-refractivity contribution in [1.29, 1.82) is 0 Å². The van der Waals surface area contributed by atoms with E-state index in [1.54, 1.807) is 0 Å². The van der Waals surface area contributed by atoms with Crippen LogP contribution in [0.4, 0.5) is 0 Å². The molecule has 88 valence electrons. The fraction of sp³-hybridized carbons (Fsp3) is 0.500. The van der Waals surface area contributed by atoms with E-state index in [-0.39, 0.29) is 12.3 Å². The minimum Gasteiger partial charge on any atom is -0.357 e. The Labute approximate surface area is 99.6 Å². The number of rotatable bonds is 2. The SMILES string of the molecule is [N-]=[N+]=N[C@H]1C[C@H]2CO[C@H](c3ccccc3)N2C1.